The quantitative estimate of drug-likeness (QED) is 0.163. The first-order chi connectivity index (χ1) is 28.3. The first-order valence-electron chi connectivity index (χ1n) is 19.1. The molecule has 0 aliphatic rings. The second-order valence-corrected chi connectivity index (χ2v) is 15.2. The van der Waals surface area contributed by atoms with E-state index in [0.29, 0.717) is 5.82 Å². The van der Waals surface area contributed by atoms with Crippen molar-refractivity contribution >= 4 is 70.6 Å². The molecular weight excluding hydrogens is 715 g/mol. The summed E-state index contributed by atoms with van der Waals surface area (Å²) in [6.07, 6.45) is 0. The summed E-state index contributed by atoms with van der Waals surface area (Å²) >= 11 is 1.75. The third kappa shape index (κ3) is 5.76. The highest BCUT2D eigenvalue weighted by Gasteiger charge is 2.22. The molecule has 57 heavy (non-hydrogen) atoms. The third-order valence-corrected chi connectivity index (χ3v) is 11.9. The van der Waals surface area contributed by atoms with Crippen molar-refractivity contribution < 1.29 is 4.42 Å². The Hall–Kier alpha value is -7.34. The lowest BCUT2D eigenvalue weighted by molar-refractivity contribution is 0.669. The highest BCUT2D eigenvalue weighted by molar-refractivity contribution is 7.26. The van der Waals surface area contributed by atoms with Gasteiger partial charge in [0.2, 0.25) is 0 Å². The number of rotatable bonds is 7. The van der Waals surface area contributed by atoms with E-state index < -0.39 is 0 Å². The molecule has 0 N–H and O–H groups in total. The van der Waals surface area contributed by atoms with Crippen LogP contribution in [0.3, 0.4) is 0 Å². The van der Waals surface area contributed by atoms with E-state index in [1.165, 1.54) is 15.8 Å². The van der Waals surface area contributed by atoms with Crippen LogP contribution >= 0.6 is 11.3 Å². The van der Waals surface area contributed by atoms with E-state index in [4.69, 9.17) is 14.4 Å². The van der Waals surface area contributed by atoms with Gasteiger partial charge in [-0.25, -0.2) is 9.97 Å². The number of para-hydroxylation sites is 1. The maximum absolute atomic E-state index is 6.75. The number of nitrogens with zero attached hydrogens (tertiary/aromatic N) is 3. The molecule has 0 aliphatic heterocycles. The Morgan fingerprint density at radius 2 is 1.07 bits per heavy atom. The molecule has 0 atom stereocenters. The number of fused-ring (bicyclic) bond motifs is 6. The van der Waals surface area contributed by atoms with Gasteiger partial charge < -0.3 is 9.32 Å². The lowest BCUT2D eigenvalue weighted by Crippen LogP contribution is -2.11. The topological polar surface area (TPSA) is 42.2 Å². The maximum Gasteiger partial charge on any atom is 0.161 e. The zero-order valence-electron chi connectivity index (χ0n) is 30.7. The lowest BCUT2D eigenvalue weighted by Gasteiger charge is -2.28. The van der Waals surface area contributed by atoms with Crippen LogP contribution in [0.4, 0.5) is 17.1 Å². The predicted molar refractivity (Wildman–Crippen MR) is 239 cm³/mol. The highest BCUT2D eigenvalue weighted by Crippen LogP contribution is 2.45. The maximum atomic E-state index is 6.75. The van der Waals surface area contributed by atoms with Crippen LogP contribution in [0.5, 0.6) is 0 Å². The van der Waals surface area contributed by atoms with Crippen molar-refractivity contribution in [1.29, 1.82) is 0 Å². The molecule has 5 heteroatoms. The minimum atomic E-state index is 0.680. The summed E-state index contributed by atoms with van der Waals surface area (Å²) in [5.74, 6) is 0.680. The minimum absolute atomic E-state index is 0.680. The normalized spacial score (nSPS) is 11.5. The fourth-order valence-corrected chi connectivity index (χ4v) is 9.19. The number of aromatic nitrogens is 2. The van der Waals surface area contributed by atoms with E-state index in [1.54, 1.807) is 11.3 Å². The van der Waals surface area contributed by atoms with E-state index in [1.807, 2.05) is 18.2 Å². The van der Waals surface area contributed by atoms with Gasteiger partial charge in [-0.3, -0.25) is 0 Å². The number of hydrogen-bond donors (Lipinski definition) is 0. The Morgan fingerprint density at radius 3 is 1.86 bits per heavy atom. The van der Waals surface area contributed by atoms with E-state index in [9.17, 15) is 0 Å². The largest absolute Gasteiger partial charge is 0.456 e. The number of hydrogen-bond acceptors (Lipinski definition) is 5. The zero-order chi connectivity index (χ0) is 37.7. The molecule has 0 amide bonds. The Morgan fingerprint density at radius 1 is 0.439 bits per heavy atom. The van der Waals surface area contributed by atoms with Crippen molar-refractivity contribution in [3.63, 3.8) is 0 Å². The summed E-state index contributed by atoms with van der Waals surface area (Å²) in [7, 11) is 0. The van der Waals surface area contributed by atoms with Crippen molar-refractivity contribution in [2.24, 2.45) is 0 Å². The Balaban J connectivity index is 1.09. The summed E-state index contributed by atoms with van der Waals surface area (Å²) in [4.78, 5) is 12.9. The smallest absolute Gasteiger partial charge is 0.161 e. The number of furan rings is 1. The molecule has 4 nitrogen and oxygen atoms in total. The monoisotopic (exact) mass is 747 g/mol. The van der Waals surface area contributed by atoms with Crippen molar-refractivity contribution in [2.45, 2.75) is 0 Å². The molecule has 3 heterocycles. The number of anilines is 3. The van der Waals surface area contributed by atoms with Gasteiger partial charge in [-0.1, -0.05) is 152 Å². The molecule has 0 saturated heterocycles. The molecule has 3 aromatic heterocycles. The lowest BCUT2D eigenvalue weighted by atomic mass is 10.0. The second-order valence-electron chi connectivity index (χ2n) is 14.1. The molecule has 0 radical (unpaired) electrons. The third-order valence-electron chi connectivity index (χ3n) is 10.7. The van der Waals surface area contributed by atoms with Gasteiger partial charge in [-0.15, -0.1) is 11.3 Å². The zero-order valence-corrected chi connectivity index (χ0v) is 31.5. The van der Waals surface area contributed by atoms with Crippen LogP contribution in [-0.4, -0.2) is 9.97 Å². The second kappa shape index (κ2) is 13.7. The minimum Gasteiger partial charge on any atom is -0.456 e. The summed E-state index contributed by atoms with van der Waals surface area (Å²) in [6.45, 7) is 0. The molecule has 0 bridgehead atoms. The van der Waals surface area contributed by atoms with E-state index in [-0.39, 0.29) is 0 Å². The van der Waals surface area contributed by atoms with Gasteiger partial charge in [-0.2, -0.15) is 0 Å². The molecule has 0 spiro atoms. The van der Waals surface area contributed by atoms with Gasteiger partial charge in [-0.05, 0) is 59.2 Å². The van der Waals surface area contributed by atoms with Gasteiger partial charge in [0.1, 0.15) is 11.2 Å². The molecular formula is C52H33N3OS. The molecule has 8 aromatic carbocycles. The molecule has 0 aliphatic carbocycles. The molecule has 0 unspecified atom stereocenters. The first-order valence-corrected chi connectivity index (χ1v) is 19.9. The SMILES string of the molecule is c1ccc(-c2ccc(N(c3ccc4c(c3)oc3cccc(-c5nc(-c6ccccc6)c6sc7ccccc7c6n5)c34)c3ccccc3-c3ccccc3)cc2)cc1. The summed E-state index contributed by atoms with van der Waals surface area (Å²) in [5.41, 5.74) is 13.3. The van der Waals surface area contributed by atoms with Gasteiger partial charge >= 0.3 is 0 Å². The van der Waals surface area contributed by atoms with E-state index in [0.717, 1.165) is 82.6 Å². The van der Waals surface area contributed by atoms with Crippen LogP contribution in [0.25, 0.3) is 87.1 Å². The van der Waals surface area contributed by atoms with Crippen LogP contribution < -0.4 is 4.90 Å². The highest BCUT2D eigenvalue weighted by atomic mass is 32.1. The van der Waals surface area contributed by atoms with Gasteiger partial charge in [0.25, 0.3) is 0 Å². The molecule has 0 fully saturated rings. The van der Waals surface area contributed by atoms with Gasteiger partial charge in [0.15, 0.2) is 5.82 Å². The van der Waals surface area contributed by atoms with E-state index in [2.05, 4.69) is 187 Å². The van der Waals surface area contributed by atoms with Gasteiger partial charge in [0.05, 0.1) is 21.6 Å². The summed E-state index contributed by atoms with van der Waals surface area (Å²) in [5, 5.41) is 3.15. The Kier molecular flexibility index (Phi) is 7.97. The van der Waals surface area contributed by atoms with Crippen molar-refractivity contribution in [3.8, 4) is 44.9 Å². The van der Waals surface area contributed by atoms with Crippen LogP contribution in [0.2, 0.25) is 0 Å². The Bertz CT molecular complexity index is 3230. The van der Waals surface area contributed by atoms with Crippen LogP contribution in [0.15, 0.2) is 205 Å². The van der Waals surface area contributed by atoms with Crippen molar-refractivity contribution in [1.82, 2.24) is 9.97 Å². The molecule has 0 saturated carbocycles. The molecule has 11 rings (SSSR count). The van der Waals surface area contributed by atoms with Crippen LogP contribution in [0.1, 0.15) is 0 Å². The summed E-state index contributed by atoms with van der Waals surface area (Å²) in [6, 6.07) is 70.2. The fraction of sp³-hybridized carbons (Fsp3) is 0. The molecule has 268 valence electrons. The first kappa shape index (κ1) is 33.0. The van der Waals surface area contributed by atoms with Gasteiger partial charge in [0, 0.05) is 55.0 Å². The van der Waals surface area contributed by atoms with Crippen LogP contribution in [-0.2, 0) is 0 Å². The van der Waals surface area contributed by atoms with Crippen molar-refractivity contribution in [3.05, 3.63) is 200 Å². The van der Waals surface area contributed by atoms with Crippen LogP contribution in [0, 0.1) is 0 Å². The Labute approximate surface area is 333 Å². The summed E-state index contributed by atoms with van der Waals surface area (Å²) < 4.78 is 9.03. The molecule has 11 aromatic rings. The standard InChI is InChI=1S/C52H33N3OS/c1-4-15-34(16-5-1)35-27-29-38(30-28-35)55(44-24-12-10-21-40(44)36-17-6-2-7-18-36)39-31-32-41-46(33-39)56-45-25-14-23-43(48(41)45)52-53-49(37-19-8-3-9-20-37)51-50(54-52)42-22-11-13-26-47(42)57-51/h1-33H. The van der Waals surface area contributed by atoms with E-state index >= 15 is 0 Å². The average molecular weight is 748 g/mol. The predicted octanol–water partition coefficient (Wildman–Crippen LogP) is 14.9. The van der Waals surface area contributed by atoms with Crippen molar-refractivity contribution in [2.75, 3.05) is 4.90 Å². The number of benzene rings is 8. The number of thiophene rings is 1. The average Bonchev–Trinajstić information content (AvgIpc) is 3.86. The fourth-order valence-electron chi connectivity index (χ4n) is 8.03.